The molecule has 15 rings (SSSR count). The molecule has 0 spiro atoms. The Kier molecular flexibility index (Phi) is 30.6. The summed E-state index contributed by atoms with van der Waals surface area (Å²) in [6.07, 6.45) is 5.75. The molecule has 124 heavy (non-hydrogen) atoms. The van der Waals surface area contributed by atoms with E-state index in [1.165, 1.54) is 53.7 Å². The van der Waals surface area contributed by atoms with Gasteiger partial charge in [-0.2, -0.15) is 0 Å². The van der Waals surface area contributed by atoms with Crippen LogP contribution in [0.4, 0.5) is 94.3 Å². The number of piperazine rings is 3. The van der Waals surface area contributed by atoms with Crippen molar-refractivity contribution in [3.63, 3.8) is 0 Å². The number of aromatic nitrogens is 6. The van der Waals surface area contributed by atoms with Crippen molar-refractivity contribution < 1.29 is 42.5 Å². The van der Waals surface area contributed by atoms with E-state index >= 15 is 0 Å². The summed E-state index contributed by atoms with van der Waals surface area (Å²) in [7, 11) is 14.4. The monoisotopic (exact) mass is 1710 g/mol. The number of hydrogen-bond donors (Lipinski definition) is 4. The quantitative estimate of drug-likeness (QED) is 0.0393. The van der Waals surface area contributed by atoms with Gasteiger partial charge in [-0.25, -0.2) is 53.7 Å². The topological polar surface area (TPSA) is 252 Å². The molecule has 3 saturated heterocycles. The molecule has 12 aromatic rings. The maximum absolute atomic E-state index is 13.9. The molecule has 30 heteroatoms. The molecule has 5 amide bonds. The van der Waals surface area contributed by atoms with E-state index in [0.29, 0.717) is 91.2 Å². The smallest absolute Gasteiger partial charge is 0.332 e. The number of hydrogen-bond acceptors (Lipinski definition) is 22. The van der Waals surface area contributed by atoms with Crippen LogP contribution >= 0.6 is 23.2 Å². The lowest BCUT2D eigenvalue weighted by Gasteiger charge is -2.34. The molecule has 0 saturated carbocycles. The summed E-state index contributed by atoms with van der Waals surface area (Å²) in [6.45, 7) is 14.2. The van der Waals surface area contributed by atoms with Crippen molar-refractivity contribution in [2.24, 2.45) is 0 Å². The predicted octanol–water partition coefficient (Wildman–Crippen LogP) is 17.1. The summed E-state index contributed by atoms with van der Waals surface area (Å²) in [5.74, 6) is 4.98. The van der Waals surface area contributed by atoms with E-state index in [0.717, 1.165) is 142 Å². The van der Waals surface area contributed by atoms with Gasteiger partial charge in [-0.1, -0.05) is 78.7 Å². The van der Waals surface area contributed by atoms with Crippen molar-refractivity contribution >= 4 is 121 Å². The highest BCUT2D eigenvalue weighted by molar-refractivity contribution is 6.34. The molecule has 3 aliphatic heterocycles. The first-order valence-electron chi connectivity index (χ1n) is 40.8. The summed E-state index contributed by atoms with van der Waals surface area (Å²) in [6, 6.07) is 65.9. The van der Waals surface area contributed by atoms with Crippen LogP contribution in [0, 0.1) is 5.82 Å². The molecule has 3 aliphatic rings. The fraction of sp³-hybridized carbons (Fsp3) is 0.266. The Balaban J connectivity index is 0.000000160. The van der Waals surface area contributed by atoms with Crippen LogP contribution in [0.15, 0.2) is 237 Å². The summed E-state index contributed by atoms with van der Waals surface area (Å²) in [4.78, 5) is 86.6. The van der Waals surface area contributed by atoms with Gasteiger partial charge in [0.1, 0.15) is 82.6 Å². The molecular formula is C94H102Cl2FN19O8. The minimum atomic E-state index is -0.484. The number of methoxy groups -OCH3 is 5. The third-order valence-corrected chi connectivity index (χ3v) is 22.2. The first-order valence-corrected chi connectivity index (χ1v) is 41.5. The molecule has 642 valence electrons. The van der Waals surface area contributed by atoms with Gasteiger partial charge in [0.05, 0.1) is 75.4 Å². The summed E-state index contributed by atoms with van der Waals surface area (Å²) < 4.78 is 41.0. The SMILES string of the molecule is CCc1cc(OC)ccc1Nc1cc(N(C(=O)NCc2cccc(F)c2)c2ccc(N3CCN(C)CC3)cc2)ncn1.COc1ccc(Cc2cc(N(C(=O)Cc3ccccc3Cl)c3ccc(N4CCN(C)CC4)cc3)ncn2)c(OC)c1.COc1ccc(N(C(=O)Nc2ccccc2Cl)c2cc(Nc3ccc(N4CCN(C)CC4)cc3)ncn2)c(OC)c1. The van der Waals surface area contributed by atoms with Gasteiger partial charge in [-0.15, -0.1) is 0 Å². The molecule has 9 aromatic carbocycles. The molecule has 0 atom stereocenters. The number of urea groups is 2. The number of rotatable bonds is 26. The minimum Gasteiger partial charge on any atom is -0.497 e. The van der Waals surface area contributed by atoms with E-state index in [-0.39, 0.29) is 24.7 Å². The lowest BCUT2D eigenvalue weighted by atomic mass is 10.1. The van der Waals surface area contributed by atoms with Crippen molar-refractivity contribution in [2.45, 2.75) is 32.7 Å². The van der Waals surface area contributed by atoms with Gasteiger partial charge >= 0.3 is 12.1 Å². The van der Waals surface area contributed by atoms with E-state index < -0.39 is 12.1 Å². The van der Waals surface area contributed by atoms with Gasteiger partial charge in [-0.05, 0) is 184 Å². The Hall–Kier alpha value is -13.4. The fourth-order valence-corrected chi connectivity index (χ4v) is 14.8. The van der Waals surface area contributed by atoms with Crippen LogP contribution < -0.4 is 74.4 Å². The van der Waals surface area contributed by atoms with Crippen molar-refractivity contribution in [1.29, 1.82) is 0 Å². The average Bonchev–Trinajstić information content (AvgIpc) is 0.786. The zero-order chi connectivity index (χ0) is 87.0. The number of amides is 5. The Bertz CT molecular complexity index is 5570. The van der Waals surface area contributed by atoms with Gasteiger partial charge in [0, 0.05) is 161 Å². The van der Waals surface area contributed by atoms with Crippen LogP contribution in [0.5, 0.6) is 28.7 Å². The second kappa shape index (κ2) is 42.9. The third-order valence-electron chi connectivity index (χ3n) is 21.5. The number of anilines is 14. The Morgan fingerprint density at radius 3 is 1.48 bits per heavy atom. The molecule has 0 bridgehead atoms. The number of carbonyl (C=O) groups excluding carboxylic acids is 3. The third kappa shape index (κ3) is 23.2. The first-order chi connectivity index (χ1) is 60.3. The van der Waals surface area contributed by atoms with Crippen LogP contribution in [0.3, 0.4) is 0 Å². The molecule has 0 aliphatic carbocycles. The second-order valence-electron chi connectivity index (χ2n) is 29.7. The number of halogens is 3. The maximum atomic E-state index is 13.9. The maximum Gasteiger partial charge on any atom is 0.332 e. The van der Waals surface area contributed by atoms with Gasteiger partial charge in [0.2, 0.25) is 5.91 Å². The molecule has 3 fully saturated rings. The molecule has 4 N–H and O–H groups in total. The van der Waals surface area contributed by atoms with Crippen LogP contribution in [0.1, 0.15) is 34.9 Å². The molecular weight excluding hydrogens is 1610 g/mol. The molecule has 27 nitrogen and oxygen atoms in total. The van der Waals surface area contributed by atoms with E-state index in [1.807, 2.05) is 109 Å². The average molecular weight is 1720 g/mol. The molecule has 0 radical (unpaired) electrons. The zero-order valence-corrected chi connectivity index (χ0v) is 72.5. The normalized spacial score (nSPS) is 13.5. The Morgan fingerprint density at radius 1 is 0.427 bits per heavy atom. The summed E-state index contributed by atoms with van der Waals surface area (Å²) >= 11 is 12.8. The highest BCUT2D eigenvalue weighted by atomic mass is 35.5. The van der Waals surface area contributed by atoms with Crippen LogP contribution in [-0.2, 0) is 30.6 Å². The van der Waals surface area contributed by atoms with Crippen LogP contribution in [-0.4, -0.2) is 198 Å². The predicted molar refractivity (Wildman–Crippen MR) is 491 cm³/mol. The van der Waals surface area contributed by atoms with Crippen molar-refractivity contribution in [3.05, 3.63) is 281 Å². The largest absolute Gasteiger partial charge is 0.497 e. The number of ether oxygens (including phenoxy) is 5. The lowest BCUT2D eigenvalue weighted by molar-refractivity contribution is -0.117. The van der Waals surface area contributed by atoms with E-state index in [4.69, 9.17) is 46.9 Å². The van der Waals surface area contributed by atoms with Crippen LogP contribution in [0.25, 0.3) is 0 Å². The number of nitrogens with one attached hydrogen (secondary N) is 4. The van der Waals surface area contributed by atoms with E-state index in [1.54, 1.807) is 106 Å². The summed E-state index contributed by atoms with van der Waals surface area (Å²) in [5, 5.41) is 13.4. The molecule has 3 aromatic heterocycles. The van der Waals surface area contributed by atoms with E-state index in [2.05, 4.69) is 133 Å². The Morgan fingerprint density at radius 2 is 0.927 bits per heavy atom. The number of benzene rings is 9. The van der Waals surface area contributed by atoms with Gasteiger partial charge < -0.3 is 74.4 Å². The Labute approximate surface area is 732 Å². The van der Waals surface area contributed by atoms with Crippen molar-refractivity contribution in [1.82, 2.24) is 49.9 Å². The van der Waals surface area contributed by atoms with Crippen molar-refractivity contribution in [2.75, 3.05) is 181 Å². The number of aryl methyl sites for hydroxylation is 1. The van der Waals surface area contributed by atoms with Gasteiger partial charge in [0.25, 0.3) is 0 Å². The number of nitrogens with zero attached hydrogens (tertiary/aromatic N) is 15. The number of carbonyl (C=O) groups is 3. The van der Waals surface area contributed by atoms with Gasteiger partial charge in [0.15, 0.2) is 0 Å². The minimum absolute atomic E-state index is 0.130. The number of likely N-dealkylation sites (N-methyl/N-ethyl adjacent to an activating group) is 3. The second-order valence-corrected chi connectivity index (χ2v) is 30.5. The number of para-hydroxylation sites is 1. The fourth-order valence-electron chi connectivity index (χ4n) is 14.4. The van der Waals surface area contributed by atoms with E-state index in [9.17, 15) is 18.8 Å². The van der Waals surface area contributed by atoms with Gasteiger partial charge in [-0.3, -0.25) is 9.69 Å². The first kappa shape index (κ1) is 88.4. The molecule has 6 heterocycles. The highest BCUT2D eigenvalue weighted by Crippen LogP contribution is 2.40. The zero-order valence-electron chi connectivity index (χ0n) is 70.9. The highest BCUT2D eigenvalue weighted by Gasteiger charge is 2.29. The molecule has 0 unspecified atom stereocenters. The van der Waals surface area contributed by atoms with Crippen LogP contribution in [0.2, 0.25) is 10.0 Å². The standard InChI is InChI=1S/C32H34ClN5O3.C32H36FN7O2.C30H32ClN7O3/c1-36-14-16-37(17-15-36)26-9-11-27(12-10-26)38(32(39)19-23-6-4-5-7-29(23)33)31-20-25(34-22-35-31)18-24-8-13-28(40-2)21-30(24)41-3;1-4-24-19-28(42-3)12-13-29(24)37-30-20-31(36-22-35-30)40(32(41)34-21-23-6-5-7-25(33)18-23)27-10-8-26(9-11-27)39-16-14-38(2)15-17-39;1-36-14-16-37(17-15-36)22-10-8-21(9-11-22)34-28-19-29(33-20-32-28)38(26-13-12-23(40-2)18-27(26)41-3)30(39)35-25-7-5-4-6-24(25)31/h4-13,20-22H,14-19H2,1-3H3;5-13,18-20,22H,4,14-17,21H2,1-3H3,(H,34,41)(H,35,36,37);4-13,18-20H,14-17H2,1-3H3,(H,35,39)(H,32,33,34). The lowest BCUT2D eigenvalue weighted by Crippen LogP contribution is -2.44. The summed E-state index contributed by atoms with van der Waals surface area (Å²) in [5.41, 5.74) is 11.7. The van der Waals surface area contributed by atoms with Crippen molar-refractivity contribution in [3.8, 4) is 28.7 Å².